The fourth-order valence-electron chi connectivity index (χ4n) is 2.24. The largest absolute Gasteiger partial charge is 0.378 e. The molecule has 8 nitrogen and oxygen atoms in total. The molecule has 0 aliphatic carbocycles. The highest BCUT2D eigenvalue weighted by molar-refractivity contribution is 7.88. The number of anilines is 1. The van der Waals surface area contributed by atoms with Crippen molar-refractivity contribution in [2.45, 2.75) is 6.42 Å². The van der Waals surface area contributed by atoms with Gasteiger partial charge in [-0.25, -0.2) is 18.1 Å². The Morgan fingerprint density at radius 1 is 1.35 bits per heavy atom. The smallest absolute Gasteiger partial charge is 0.255 e. The molecule has 2 heterocycles. The van der Waals surface area contributed by atoms with Gasteiger partial charge in [-0.3, -0.25) is 4.79 Å². The van der Waals surface area contributed by atoms with Crippen molar-refractivity contribution in [2.75, 3.05) is 50.5 Å². The average molecular weight is 342 g/mol. The van der Waals surface area contributed by atoms with Crippen molar-refractivity contribution in [1.29, 1.82) is 0 Å². The molecule has 0 radical (unpaired) electrons. The van der Waals surface area contributed by atoms with Crippen LogP contribution in [0.1, 0.15) is 16.8 Å². The molecule has 0 spiro atoms. The molecule has 0 atom stereocenters. The Balaban J connectivity index is 1.89. The van der Waals surface area contributed by atoms with Gasteiger partial charge in [-0.15, -0.1) is 0 Å². The number of nitrogens with one attached hydrogen (secondary N) is 2. The molecule has 0 saturated carbocycles. The monoisotopic (exact) mass is 342 g/mol. The summed E-state index contributed by atoms with van der Waals surface area (Å²) in [6.07, 6.45) is 3.29. The highest BCUT2D eigenvalue weighted by Gasteiger charge is 2.19. The van der Waals surface area contributed by atoms with E-state index in [0.717, 1.165) is 6.26 Å². The van der Waals surface area contributed by atoms with Gasteiger partial charge in [0.2, 0.25) is 10.0 Å². The lowest BCUT2D eigenvalue weighted by molar-refractivity contribution is 0.0951. The minimum atomic E-state index is -3.19. The molecule has 1 aliphatic rings. The number of carbonyl (C=O) groups is 1. The van der Waals surface area contributed by atoms with Gasteiger partial charge in [0.05, 0.1) is 25.0 Å². The SMILES string of the molecule is CS(=O)(=O)NCCCNC(=O)c1cccnc1N1CCOCC1. The summed E-state index contributed by atoms with van der Waals surface area (Å²) in [4.78, 5) is 18.7. The summed E-state index contributed by atoms with van der Waals surface area (Å²) < 4.78 is 29.6. The van der Waals surface area contributed by atoms with E-state index in [0.29, 0.717) is 57.2 Å². The highest BCUT2D eigenvalue weighted by atomic mass is 32.2. The number of nitrogens with zero attached hydrogens (tertiary/aromatic N) is 2. The van der Waals surface area contributed by atoms with Crippen LogP contribution in [0.25, 0.3) is 0 Å². The number of amides is 1. The van der Waals surface area contributed by atoms with E-state index in [1.165, 1.54) is 0 Å². The minimum Gasteiger partial charge on any atom is -0.378 e. The summed E-state index contributed by atoms with van der Waals surface area (Å²) in [5.41, 5.74) is 0.519. The van der Waals surface area contributed by atoms with Gasteiger partial charge in [0.1, 0.15) is 5.82 Å². The lowest BCUT2D eigenvalue weighted by atomic mass is 10.2. The van der Waals surface area contributed by atoms with Crippen molar-refractivity contribution in [2.24, 2.45) is 0 Å². The van der Waals surface area contributed by atoms with Gasteiger partial charge in [0, 0.05) is 32.4 Å². The quantitative estimate of drug-likeness (QED) is 0.653. The van der Waals surface area contributed by atoms with Gasteiger partial charge >= 0.3 is 0 Å². The second-order valence-electron chi connectivity index (χ2n) is 5.25. The van der Waals surface area contributed by atoms with Crippen LogP contribution >= 0.6 is 0 Å². The first kappa shape index (κ1) is 17.6. The molecular formula is C14H22N4O4S. The molecule has 128 valence electrons. The van der Waals surface area contributed by atoms with Crippen LogP contribution in [0.15, 0.2) is 18.3 Å². The van der Waals surface area contributed by atoms with Crippen molar-refractivity contribution in [1.82, 2.24) is 15.0 Å². The Kier molecular flexibility index (Phi) is 6.31. The molecule has 9 heteroatoms. The average Bonchev–Trinajstić information content (AvgIpc) is 2.54. The first-order chi connectivity index (χ1) is 11.0. The molecule has 0 aromatic carbocycles. The lowest BCUT2D eigenvalue weighted by Gasteiger charge is -2.29. The molecule has 1 aromatic heterocycles. The van der Waals surface area contributed by atoms with E-state index < -0.39 is 10.0 Å². The zero-order chi connectivity index (χ0) is 16.7. The molecule has 23 heavy (non-hydrogen) atoms. The predicted octanol–water partition coefficient (Wildman–Crippen LogP) is -0.413. The molecule has 1 fully saturated rings. The Morgan fingerprint density at radius 2 is 2.09 bits per heavy atom. The number of hydrogen-bond donors (Lipinski definition) is 2. The standard InChI is InChI=1S/C14H22N4O4S/c1-23(20,21)17-7-3-6-16-14(19)12-4-2-5-15-13(12)18-8-10-22-11-9-18/h2,4-5,17H,3,6-11H2,1H3,(H,16,19). The number of pyridine rings is 1. The number of sulfonamides is 1. The number of hydrogen-bond acceptors (Lipinski definition) is 6. The summed E-state index contributed by atoms with van der Waals surface area (Å²) in [6, 6.07) is 3.46. The van der Waals surface area contributed by atoms with Crippen molar-refractivity contribution < 1.29 is 17.9 Å². The van der Waals surface area contributed by atoms with Crippen molar-refractivity contribution in [3.8, 4) is 0 Å². The summed E-state index contributed by atoms with van der Waals surface area (Å²) >= 11 is 0. The minimum absolute atomic E-state index is 0.209. The van der Waals surface area contributed by atoms with E-state index in [9.17, 15) is 13.2 Å². The fourth-order valence-corrected chi connectivity index (χ4v) is 2.76. The van der Waals surface area contributed by atoms with Crippen LogP contribution in [0.5, 0.6) is 0 Å². The molecule has 0 unspecified atom stereocenters. The second-order valence-corrected chi connectivity index (χ2v) is 7.08. The topological polar surface area (TPSA) is 101 Å². The van der Waals surface area contributed by atoms with Gasteiger partial charge in [-0.2, -0.15) is 0 Å². The van der Waals surface area contributed by atoms with Crippen molar-refractivity contribution >= 4 is 21.7 Å². The first-order valence-electron chi connectivity index (χ1n) is 7.48. The zero-order valence-corrected chi connectivity index (χ0v) is 13.9. The fraction of sp³-hybridized carbons (Fsp3) is 0.571. The molecule has 2 rings (SSSR count). The highest BCUT2D eigenvalue weighted by Crippen LogP contribution is 2.18. The Morgan fingerprint density at radius 3 is 2.78 bits per heavy atom. The van der Waals surface area contributed by atoms with Gasteiger partial charge in [-0.1, -0.05) is 0 Å². The number of aromatic nitrogens is 1. The first-order valence-corrected chi connectivity index (χ1v) is 9.37. The summed E-state index contributed by atoms with van der Waals surface area (Å²) in [5, 5.41) is 2.79. The molecule has 1 saturated heterocycles. The third-order valence-corrected chi connectivity index (χ3v) is 4.07. The molecule has 0 bridgehead atoms. The van der Waals surface area contributed by atoms with Gasteiger partial charge < -0.3 is 15.0 Å². The number of carbonyl (C=O) groups excluding carboxylic acids is 1. The van der Waals surface area contributed by atoms with E-state index in [4.69, 9.17) is 4.74 Å². The molecule has 1 aliphatic heterocycles. The maximum atomic E-state index is 12.3. The van der Waals surface area contributed by atoms with E-state index in [-0.39, 0.29) is 5.91 Å². The number of morpholine rings is 1. The van der Waals surface area contributed by atoms with Crippen molar-refractivity contribution in [3.05, 3.63) is 23.9 Å². The molecule has 1 amide bonds. The molecule has 2 N–H and O–H groups in total. The van der Waals surface area contributed by atoms with E-state index in [1.807, 2.05) is 4.90 Å². The number of rotatable bonds is 7. The number of ether oxygens (including phenoxy) is 1. The molecule has 1 aromatic rings. The maximum absolute atomic E-state index is 12.3. The van der Waals surface area contributed by atoms with Crippen LogP contribution in [0.4, 0.5) is 5.82 Å². The van der Waals surface area contributed by atoms with Crippen molar-refractivity contribution in [3.63, 3.8) is 0 Å². The van der Waals surface area contributed by atoms with Gasteiger partial charge in [0.25, 0.3) is 5.91 Å². The Hall–Kier alpha value is -1.71. The van der Waals surface area contributed by atoms with Gasteiger partial charge in [-0.05, 0) is 18.6 Å². The summed E-state index contributed by atoms with van der Waals surface area (Å²) in [7, 11) is -3.19. The van der Waals surface area contributed by atoms with Crippen LogP contribution in [0, 0.1) is 0 Å². The second kappa shape index (κ2) is 8.23. The normalized spacial score (nSPS) is 15.4. The third kappa shape index (κ3) is 5.77. The Labute approximate surface area is 136 Å². The van der Waals surface area contributed by atoms with Crippen LogP contribution in [-0.2, 0) is 14.8 Å². The van der Waals surface area contributed by atoms with Crippen LogP contribution < -0.4 is 14.9 Å². The third-order valence-electron chi connectivity index (χ3n) is 3.35. The van der Waals surface area contributed by atoms with E-state index >= 15 is 0 Å². The van der Waals surface area contributed by atoms with E-state index in [1.54, 1.807) is 18.3 Å². The predicted molar refractivity (Wildman–Crippen MR) is 87.1 cm³/mol. The van der Waals surface area contributed by atoms with Crippen LogP contribution in [-0.4, -0.2) is 65.0 Å². The molecular weight excluding hydrogens is 320 g/mol. The van der Waals surface area contributed by atoms with Crippen LogP contribution in [0.2, 0.25) is 0 Å². The zero-order valence-electron chi connectivity index (χ0n) is 13.1. The summed E-state index contributed by atoms with van der Waals surface area (Å²) in [6.45, 7) is 3.33. The summed E-state index contributed by atoms with van der Waals surface area (Å²) in [5.74, 6) is 0.446. The van der Waals surface area contributed by atoms with E-state index in [2.05, 4.69) is 15.0 Å². The lowest BCUT2D eigenvalue weighted by Crippen LogP contribution is -2.38. The maximum Gasteiger partial charge on any atom is 0.255 e. The Bertz CT molecular complexity index is 629. The van der Waals surface area contributed by atoms with Crippen LogP contribution in [0.3, 0.4) is 0 Å². The van der Waals surface area contributed by atoms with Gasteiger partial charge in [0.15, 0.2) is 0 Å².